The Kier molecular flexibility index (Phi) is 4.68. The zero-order chi connectivity index (χ0) is 14.0. The van der Waals surface area contributed by atoms with E-state index in [4.69, 9.17) is 16.7 Å². The molecule has 2 aromatic rings. The van der Waals surface area contributed by atoms with E-state index in [9.17, 15) is 5.11 Å². The molecule has 0 saturated heterocycles. The first-order valence-electron chi connectivity index (χ1n) is 5.79. The van der Waals surface area contributed by atoms with E-state index in [1.807, 2.05) is 6.07 Å². The van der Waals surface area contributed by atoms with E-state index in [1.54, 1.807) is 37.3 Å². The van der Waals surface area contributed by atoms with Gasteiger partial charge in [0.25, 0.3) is 0 Å². The molecule has 0 fully saturated rings. The number of aromatic hydroxyl groups is 1. The molecule has 5 heteroatoms. The highest BCUT2D eigenvalue weighted by Gasteiger charge is 2.15. The Balaban J connectivity index is 0.00000200. The van der Waals surface area contributed by atoms with Crippen molar-refractivity contribution in [3.8, 4) is 23.1 Å². The van der Waals surface area contributed by atoms with Crippen LogP contribution in [-0.4, -0.2) is 10.1 Å². The van der Waals surface area contributed by atoms with Gasteiger partial charge in [0.15, 0.2) is 0 Å². The quantitative estimate of drug-likeness (QED) is 0.777. The Morgan fingerprint density at radius 1 is 1.35 bits per heavy atom. The summed E-state index contributed by atoms with van der Waals surface area (Å²) in [5.41, 5.74) is 13.6. The second kappa shape index (κ2) is 6.04. The molecule has 1 aromatic heterocycles. The first kappa shape index (κ1) is 15.5. The van der Waals surface area contributed by atoms with Gasteiger partial charge in [-0.15, -0.1) is 0 Å². The van der Waals surface area contributed by atoms with Crippen LogP contribution in [0.15, 0.2) is 30.3 Å². The van der Waals surface area contributed by atoms with Crippen molar-refractivity contribution in [2.45, 2.75) is 20.4 Å². The van der Waals surface area contributed by atoms with Gasteiger partial charge in [0, 0.05) is 11.6 Å². The van der Waals surface area contributed by atoms with Gasteiger partial charge in [-0.1, -0.05) is 19.6 Å². The van der Waals surface area contributed by atoms with Crippen LogP contribution in [0.3, 0.4) is 0 Å². The summed E-state index contributed by atoms with van der Waals surface area (Å²) in [4.78, 5) is 4.16. The fourth-order valence-electron chi connectivity index (χ4n) is 1.89. The van der Waals surface area contributed by atoms with Crippen LogP contribution in [0, 0.1) is 11.3 Å². The van der Waals surface area contributed by atoms with E-state index in [0.29, 0.717) is 16.8 Å². The highest BCUT2D eigenvalue weighted by molar-refractivity contribution is 5.71. The van der Waals surface area contributed by atoms with Crippen molar-refractivity contribution in [3.05, 3.63) is 41.5 Å². The van der Waals surface area contributed by atoms with Crippen molar-refractivity contribution in [3.63, 3.8) is 0 Å². The normalized spacial score (nSPS) is 11.2. The third-order valence-corrected chi connectivity index (χ3v) is 2.86. The number of para-hydroxylation sites is 1. The van der Waals surface area contributed by atoms with Gasteiger partial charge < -0.3 is 16.6 Å². The minimum atomic E-state index is -0.343. The fourth-order valence-corrected chi connectivity index (χ4v) is 1.89. The largest absolute Gasteiger partial charge is 0.507 e. The van der Waals surface area contributed by atoms with E-state index < -0.39 is 0 Å². The molecule has 1 aromatic carbocycles. The van der Waals surface area contributed by atoms with E-state index >= 15 is 0 Å². The Morgan fingerprint density at radius 3 is 2.55 bits per heavy atom. The van der Waals surface area contributed by atoms with E-state index in [2.05, 4.69) is 4.98 Å². The van der Waals surface area contributed by atoms with Crippen LogP contribution >= 0.6 is 0 Å². The van der Waals surface area contributed by atoms with Gasteiger partial charge in [0.05, 0.1) is 11.3 Å². The van der Waals surface area contributed by atoms with Crippen LogP contribution in [0.2, 0.25) is 0 Å². The van der Waals surface area contributed by atoms with Crippen LogP contribution in [0.1, 0.15) is 31.5 Å². The van der Waals surface area contributed by atoms with Crippen molar-refractivity contribution in [1.29, 1.82) is 5.26 Å². The lowest BCUT2D eigenvalue weighted by atomic mass is 10.00. The summed E-state index contributed by atoms with van der Waals surface area (Å²) in [5.74, 6) is 0.227. The Hall–Kier alpha value is -2.58. The fraction of sp³-hybridized carbons (Fsp3) is 0.200. The molecule has 20 heavy (non-hydrogen) atoms. The number of hydrogen-bond acceptors (Lipinski definition) is 5. The van der Waals surface area contributed by atoms with E-state index in [0.717, 1.165) is 0 Å². The zero-order valence-corrected chi connectivity index (χ0v) is 10.5. The molecule has 0 aliphatic heterocycles. The number of anilines is 1. The summed E-state index contributed by atoms with van der Waals surface area (Å²) in [6.07, 6.45) is 0. The van der Waals surface area contributed by atoms with Crippen molar-refractivity contribution in [2.75, 3.05) is 5.73 Å². The van der Waals surface area contributed by atoms with Crippen molar-refractivity contribution in [2.24, 2.45) is 5.73 Å². The number of phenolic OH excluding ortho intramolecular Hbond substituents is 1. The lowest BCUT2D eigenvalue weighted by Gasteiger charge is -2.13. The molecule has 5 N–H and O–H groups in total. The van der Waals surface area contributed by atoms with Gasteiger partial charge >= 0.3 is 0 Å². The predicted molar refractivity (Wildman–Crippen MR) is 79.8 cm³/mol. The van der Waals surface area contributed by atoms with Gasteiger partial charge in [0.1, 0.15) is 17.6 Å². The Labute approximate surface area is 118 Å². The number of pyridine rings is 1. The standard InChI is InChI=1S/C14H14N4O.CH4/c1-8(16)10-6-12(18-14(17)11(10)7-15)9-4-2-3-5-13(9)19;/h2-6,8,19H,16H2,1H3,(H2,17,18);1H4/t8-;/m0./s1. The monoisotopic (exact) mass is 270 g/mol. The SMILES string of the molecule is C.C[C@H](N)c1cc(-c2ccccc2O)nc(N)c1C#N. The van der Waals surface area contributed by atoms with Gasteiger partial charge in [0.2, 0.25) is 0 Å². The second-order valence-corrected chi connectivity index (χ2v) is 4.27. The molecule has 0 aliphatic rings. The van der Waals surface area contributed by atoms with Gasteiger partial charge in [-0.3, -0.25) is 0 Å². The van der Waals surface area contributed by atoms with Crippen molar-refractivity contribution in [1.82, 2.24) is 4.98 Å². The maximum absolute atomic E-state index is 9.83. The third-order valence-electron chi connectivity index (χ3n) is 2.86. The molecule has 5 nitrogen and oxygen atoms in total. The van der Waals surface area contributed by atoms with Crippen LogP contribution in [0.5, 0.6) is 5.75 Å². The molecule has 1 heterocycles. The maximum Gasteiger partial charge on any atom is 0.142 e. The van der Waals surface area contributed by atoms with Gasteiger partial charge in [-0.2, -0.15) is 5.26 Å². The molecule has 0 spiro atoms. The highest BCUT2D eigenvalue weighted by atomic mass is 16.3. The van der Waals surface area contributed by atoms with Crippen LogP contribution in [0.25, 0.3) is 11.3 Å². The number of nitrogen functional groups attached to an aromatic ring is 1. The number of nitrogens with two attached hydrogens (primary N) is 2. The average molecular weight is 270 g/mol. The van der Waals surface area contributed by atoms with Gasteiger partial charge in [-0.25, -0.2) is 4.98 Å². The molecular formula is C15H18N4O. The molecule has 0 amide bonds. The minimum absolute atomic E-state index is 0. The smallest absolute Gasteiger partial charge is 0.142 e. The van der Waals surface area contributed by atoms with Crippen molar-refractivity contribution < 1.29 is 5.11 Å². The summed E-state index contributed by atoms with van der Waals surface area (Å²) in [7, 11) is 0. The minimum Gasteiger partial charge on any atom is -0.507 e. The molecule has 0 unspecified atom stereocenters. The molecule has 0 radical (unpaired) electrons. The highest BCUT2D eigenvalue weighted by Crippen LogP contribution is 2.31. The second-order valence-electron chi connectivity index (χ2n) is 4.27. The van der Waals surface area contributed by atoms with Crippen molar-refractivity contribution >= 4 is 5.82 Å². The molecule has 0 saturated carbocycles. The topological polar surface area (TPSA) is 109 Å². The third kappa shape index (κ3) is 2.71. The van der Waals surface area contributed by atoms with Crippen LogP contribution in [0.4, 0.5) is 5.82 Å². The van der Waals surface area contributed by atoms with Crippen LogP contribution < -0.4 is 11.5 Å². The number of rotatable bonds is 2. The number of benzene rings is 1. The summed E-state index contributed by atoms with van der Waals surface area (Å²) in [6.45, 7) is 1.77. The summed E-state index contributed by atoms with van der Waals surface area (Å²) >= 11 is 0. The summed E-state index contributed by atoms with van der Waals surface area (Å²) in [6, 6.07) is 10.2. The summed E-state index contributed by atoms with van der Waals surface area (Å²) < 4.78 is 0. The Bertz CT molecular complexity index is 659. The van der Waals surface area contributed by atoms with Gasteiger partial charge in [-0.05, 0) is 30.7 Å². The molecule has 0 bridgehead atoms. The summed E-state index contributed by atoms with van der Waals surface area (Å²) in [5, 5.41) is 18.9. The molecular weight excluding hydrogens is 252 g/mol. The molecule has 104 valence electrons. The lowest BCUT2D eigenvalue weighted by Crippen LogP contribution is -2.10. The van der Waals surface area contributed by atoms with E-state index in [1.165, 1.54) is 0 Å². The number of phenols is 1. The number of hydrogen-bond donors (Lipinski definition) is 3. The lowest BCUT2D eigenvalue weighted by molar-refractivity contribution is 0.477. The average Bonchev–Trinajstić information content (AvgIpc) is 2.38. The predicted octanol–water partition coefficient (Wildman–Crippen LogP) is 2.56. The molecule has 0 aliphatic carbocycles. The number of nitrogens with zero attached hydrogens (tertiary/aromatic N) is 2. The van der Waals surface area contributed by atoms with Crippen LogP contribution in [-0.2, 0) is 0 Å². The molecule has 2 rings (SSSR count). The maximum atomic E-state index is 9.83. The first-order chi connectivity index (χ1) is 9.04. The van der Waals surface area contributed by atoms with E-state index in [-0.39, 0.29) is 30.6 Å². The first-order valence-corrected chi connectivity index (χ1v) is 5.79. The molecule has 1 atom stereocenters. The zero-order valence-electron chi connectivity index (χ0n) is 10.5. The number of nitriles is 1. The Morgan fingerprint density at radius 2 is 2.00 bits per heavy atom. The number of aromatic nitrogens is 1.